The summed E-state index contributed by atoms with van der Waals surface area (Å²) in [7, 11) is 0. The minimum atomic E-state index is 1.15. The van der Waals surface area contributed by atoms with Crippen molar-refractivity contribution in [3.05, 3.63) is 176 Å². The Balaban J connectivity index is 1.10. The molecule has 0 aliphatic heterocycles. The lowest BCUT2D eigenvalue weighted by Gasteiger charge is -2.13. The van der Waals surface area contributed by atoms with Gasteiger partial charge in [-0.3, -0.25) is 0 Å². The fourth-order valence-electron chi connectivity index (χ4n) is 8.82. The molecule has 0 amide bonds. The molecule has 0 saturated carbocycles. The van der Waals surface area contributed by atoms with Crippen LogP contribution in [0.4, 0.5) is 0 Å². The van der Waals surface area contributed by atoms with Gasteiger partial charge in [0.25, 0.3) is 0 Å². The second-order valence-electron chi connectivity index (χ2n) is 13.3. The summed E-state index contributed by atoms with van der Waals surface area (Å²) in [6.45, 7) is 8.22. The summed E-state index contributed by atoms with van der Waals surface area (Å²) < 4.78 is 5.11. The van der Waals surface area contributed by atoms with E-state index in [1.807, 2.05) is 23.5 Å². The molecule has 0 fully saturated rings. The van der Waals surface area contributed by atoms with Gasteiger partial charge in [0.15, 0.2) is 0 Å². The average molecular weight is 652 g/mol. The molecule has 0 radical (unpaired) electrons. The summed E-state index contributed by atoms with van der Waals surface area (Å²) in [6.07, 6.45) is 3.92. The normalized spacial score (nSPS) is 12.9. The van der Waals surface area contributed by atoms with Gasteiger partial charge in [-0.05, 0) is 102 Å². The lowest BCUT2D eigenvalue weighted by Crippen LogP contribution is -1.94. The van der Waals surface area contributed by atoms with Crippen LogP contribution in [0, 0.1) is 0 Å². The number of para-hydroxylation sites is 1. The van der Waals surface area contributed by atoms with E-state index in [1.165, 1.54) is 96.5 Å². The first kappa shape index (κ1) is 27.7. The van der Waals surface area contributed by atoms with Crippen LogP contribution in [0.5, 0.6) is 0 Å². The Morgan fingerprint density at radius 3 is 1.84 bits per heavy atom. The molecule has 10 aromatic rings. The molecule has 8 aromatic carbocycles. The molecule has 0 saturated heterocycles. The van der Waals surface area contributed by atoms with Gasteiger partial charge in [0.1, 0.15) is 0 Å². The highest BCUT2D eigenvalue weighted by molar-refractivity contribution is 7.26. The molecule has 2 heteroatoms. The average Bonchev–Trinajstić information content (AvgIpc) is 3.83. The minimum Gasteiger partial charge on any atom is -0.309 e. The summed E-state index contributed by atoms with van der Waals surface area (Å²) >= 11 is 1.88. The van der Waals surface area contributed by atoms with Gasteiger partial charge in [0.2, 0.25) is 0 Å². The van der Waals surface area contributed by atoms with Gasteiger partial charge in [-0.1, -0.05) is 128 Å². The summed E-state index contributed by atoms with van der Waals surface area (Å²) in [4.78, 5) is 0. The maximum absolute atomic E-state index is 4.11. The maximum atomic E-state index is 4.11. The van der Waals surface area contributed by atoms with E-state index in [-0.39, 0.29) is 0 Å². The highest BCUT2D eigenvalue weighted by atomic mass is 32.1. The summed E-state index contributed by atoms with van der Waals surface area (Å²) in [5, 5.41) is 13.0. The Labute approximate surface area is 292 Å². The first-order chi connectivity index (χ1) is 24.7. The molecule has 0 bridgehead atoms. The van der Waals surface area contributed by atoms with E-state index in [0.29, 0.717) is 0 Å². The number of benzene rings is 8. The first-order valence-electron chi connectivity index (χ1n) is 17.1. The highest BCUT2D eigenvalue weighted by Crippen LogP contribution is 2.47. The topological polar surface area (TPSA) is 4.93 Å². The smallest absolute Gasteiger partial charge is 0.0547 e. The first-order valence-corrected chi connectivity index (χ1v) is 17.9. The van der Waals surface area contributed by atoms with Crippen LogP contribution < -0.4 is 0 Å². The van der Waals surface area contributed by atoms with Crippen LogP contribution in [-0.2, 0) is 0 Å². The molecule has 2 aromatic heterocycles. The molecule has 1 nitrogen and oxygen atoms in total. The van der Waals surface area contributed by atoms with Crippen LogP contribution in [0.25, 0.3) is 102 Å². The van der Waals surface area contributed by atoms with Crippen LogP contribution in [0.3, 0.4) is 0 Å². The molecular weight excluding hydrogens is 623 g/mol. The Morgan fingerprint density at radius 1 is 0.400 bits per heavy atom. The minimum absolute atomic E-state index is 1.15. The molecule has 1 aliphatic rings. The monoisotopic (exact) mass is 651 g/mol. The zero-order valence-electron chi connectivity index (χ0n) is 27.2. The number of hydrogen-bond acceptors (Lipinski definition) is 1. The zero-order chi connectivity index (χ0) is 33.1. The van der Waals surface area contributed by atoms with E-state index in [4.69, 9.17) is 0 Å². The third-order valence-electron chi connectivity index (χ3n) is 10.9. The summed E-state index contributed by atoms with van der Waals surface area (Å²) in [5.41, 5.74) is 10.8. The van der Waals surface area contributed by atoms with Crippen molar-refractivity contribution in [2.75, 3.05) is 0 Å². The van der Waals surface area contributed by atoms with Gasteiger partial charge < -0.3 is 4.57 Å². The lowest BCUT2D eigenvalue weighted by molar-refractivity contribution is 1.18. The molecule has 1 aliphatic carbocycles. The highest BCUT2D eigenvalue weighted by Gasteiger charge is 2.23. The van der Waals surface area contributed by atoms with E-state index in [2.05, 4.69) is 157 Å². The Bertz CT molecular complexity index is 3140. The van der Waals surface area contributed by atoms with Crippen LogP contribution in [0.2, 0.25) is 0 Å². The van der Waals surface area contributed by atoms with Crippen molar-refractivity contribution < 1.29 is 0 Å². The maximum Gasteiger partial charge on any atom is 0.0547 e. The van der Waals surface area contributed by atoms with Gasteiger partial charge in [0, 0.05) is 36.6 Å². The second kappa shape index (κ2) is 10.1. The number of allylic oxidation sites excluding steroid dienone is 4. The number of hydrogen-bond donors (Lipinski definition) is 0. The SMILES string of the molecule is C=CC1=C(C=C)c2ccc(-c3ccc(-n4c5ccccc5c5c6ccc7c(ccc8sc9ccccc9c87)c6ccc54)cc3)c3cccc1c23. The van der Waals surface area contributed by atoms with Crippen molar-refractivity contribution in [2.24, 2.45) is 0 Å². The fourth-order valence-corrected chi connectivity index (χ4v) is 9.94. The van der Waals surface area contributed by atoms with Crippen molar-refractivity contribution in [1.29, 1.82) is 0 Å². The Morgan fingerprint density at radius 2 is 1.04 bits per heavy atom. The van der Waals surface area contributed by atoms with Gasteiger partial charge in [0.05, 0.1) is 11.0 Å². The molecule has 0 spiro atoms. The molecule has 50 heavy (non-hydrogen) atoms. The molecule has 232 valence electrons. The summed E-state index contributed by atoms with van der Waals surface area (Å²) in [6, 6.07) is 51.8. The van der Waals surface area contributed by atoms with Crippen LogP contribution in [-0.4, -0.2) is 4.57 Å². The molecule has 0 N–H and O–H groups in total. The number of aromatic nitrogens is 1. The van der Waals surface area contributed by atoms with Crippen LogP contribution >= 0.6 is 11.3 Å². The van der Waals surface area contributed by atoms with Crippen molar-refractivity contribution in [3.63, 3.8) is 0 Å². The largest absolute Gasteiger partial charge is 0.309 e. The number of thiophene rings is 1. The molecular formula is C48H29NS. The molecule has 0 atom stereocenters. The fraction of sp³-hybridized carbons (Fsp3) is 0. The van der Waals surface area contributed by atoms with E-state index in [0.717, 1.165) is 16.8 Å². The van der Waals surface area contributed by atoms with Gasteiger partial charge in [-0.2, -0.15) is 0 Å². The van der Waals surface area contributed by atoms with Gasteiger partial charge in [-0.25, -0.2) is 0 Å². The van der Waals surface area contributed by atoms with E-state index < -0.39 is 0 Å². The van der Waals surface area contributed by atoms with Gasteiger partial charge in [-0.15, -0.1) is 11.3 Å². The van der Waals surface area contributed by atoms with Crippen molar-refractivity contribution in [3.8, 4) is 16.8 Å². The second-order valence-corrected chi connectivity index (χ2v) is 14.4. The summed E-state index contributed by atoms with van der Waals surface area (Å²) in [5.74, 6) is 0. The van der Waals surface area contributed by atoms with Crippen LogP contribution in [0.1, 0.15) is 11.1 Å². The quantitative estimate of drug-likeness (QED) is 0.167. The molecule has 0 unspecified atom stereocenters. The van der Waals surface area contributed by atoms with Crippen molar-refractivity contribution in [2.45, 2.75) is 0 Å². The number of nitrogens with zero attached hydrogens (tertiary/aromatic N) is 1. The van der Waals surface area contributed by atoms with E-state index in [1.54, 1.807) is 0 Å². The Kier molecular flexibility index (Phi) is 5.62. The third kappa shape index (κ3) is 3.56. The van der Waals surface area contributed by atoms with Gasteiger partial charge >= 0.3 is 0 Å². The lowest BCUT2D eigenvalue weighted by atomic mass is 9.93. The van der Waals surface area contributed by atoms with Crippen LogP contribution in [0.15, 0.2) is 165 Å². The predicted octanol–water partition coefficient (Wildman–Crippen LogP) is 13.9. The van der Waals surface area contributed by atoms with Crippen molar-refractivity contribution >= 4 is 96.8 Å². The molecule has 11 rings (SSSR count). The van der Waals surface area contributed by atoms with E-state index in [9.17, 15) is 0 Å². The predicted molar refractivity (Wildman–Crippen MR) is 219 cm³/mol. The number of rotatable bonds is 4. The van der Waals surface area contributed by atoms with Crippen molar-refractivity contribution in [1.82, 2.24) is 4.57 Å². The van der Waals surface area contributed by atoms with E-state index >= 15 is 0 Å². The Hall–Kier alpha value is -6.22. The standard InChI is InChI=1S/C48H29NS/c1-3-30-31(4-2)37-21-20-32(36-13-9-12-35(30)46(36)37)28-16-18-29(19-17-28)49-42-14-7-5-10-40(42)47-38-22-23-39-34(33(38)24-26-43(47)49)25-27-45-48(39)41-11-6-8-15-44(41)50-45/h3-27H,1-2H2. The third-order valence-corrected chi connectivity index (χ3v) is 12.1. The number of fused-ring (bicyclic) bond motifs is 11. The zero-order valence-corrected chi connectivity index (χ0v) is 28.0. The molecule has 2 heterocycles.